The zero-order valence-electron chi connectivity index (χ0n) is 11.1. The molecule has 0 bridgehead atoms. The van der Waals surface area contributed by atoms with Crippen LogP contribution in [0, 0.1) is 18.3 Å². The van der Waals surface area contributed by atoms with E-state index in [0.29, 0.717) is 6.04 Å². The minimum Gasteiger partial charge on any atom is -0.381 e. The van der Waals surface area contributed by atoms with Gasteiger partial charge in [-0.05, 0) is 58.6 Å². The van der Waals surface area contributed by atoms with Crippen molar-refractivity contribution in [3.8, 4) is 6.07 Å². The summed E-state index contributed by atoms with van der Waals surface area (Å²) in [6, 6.07) is 8.53. The average Bonchev–Trinajstić information content (AvgIpc) is 2.28. The second kappa shape index (κ2) is 6.27. The zero-order valence-corrected chi connectivity index (χ0v) is 11.1. The molecule has 1 aromatic rings. The van der Waals surface area contributed by atoms with Crippen molar-refractivity contribution in [2.75, 3.05) is 26.0 Å². The summed E-state index contributed by atoms with van der Waals surface area (Å²) >= 11 is 0. The maximum atomic E-state index is 9.08. The van der Waals surface area contributed by atoms with Crippen LogP contribution in [0.15, 0.2) is 18.2 Å². The van der Waals surface area contributed by atoms with Gasteiger partial charge in [0, 0.05) is 6.04 Å². The molecular weight excluding hydrogens is 210 g/mol. The van der Waals surface area contributed by atoms with Gasteiger partial charge in [0.15, 0.2) is 0 Å². The predicted octanol–water partition coefficient (Wildman–Crippen LogP) is 2.62. The highest BCUT2D eigenvalue weighted by Gasteiger charge is 2.06. The van der Waals surface area contributed by atoms with Gasteiger partial charge < -0.3 is 10.2 Å². The molecule has 0 aliphatic carbocycles. The fourth-order valence-corrected chi connectivity index (χ4v) is 1.67. The van der Waals surface area contributed by atoms with Crippen LogP contribution in [0.4, 0.5) is 5.69 Å². The van der Waals surface area contributed by atoms with E-state index < -0.39 is 0 Å². The Labute approximate surface area is 104 Å². The number of nitrogens with one attached hydrogen (secondary N) is 1. The van der Waals surface area contributed by atoms with Crippen molar-refractivity contribution in [1.29, 1.82) is 5.26 Å². The molecule has 1 N–H and O–H groups in total. The van der Waals surface area contributed by atoms with Gasteiger partial charge in [-0.25, -0.2) is 0 Å². The normalized spacial score (nSPS) is 12.2. The molecule has 0 aliphatic heterocycles. The molecule has 0 heterocycles. The Bertz CT molecular complexity index is 404. The number of anilines is 1. The Balaban J connectivity index is 2.65. The molecule has 92 valence electrons. The van der Waals surface area contributed by atoms with Crippen LogP contribution in [0.2, 0.25) is 0 Å². The Morgan fingerprint density at radius 2 is 2.12 bits per heavy atom. The number of nitriles is 1. The minimum atomic E-state index is 0.368. The van der Waals surface area contributed by atoms with Crippen molar-refractivity contribution in [2.24, 2.45) is 0 Å². The first kappa shape index (κ1) is 13.5. The molecule has 3 nitrogen and oxygen atoms in total. The van der Waals surface area contributed by atoms with Gasteiger partial charge in [0.25, 0.3) is 0 Å². The third-order valence-corrected chi connectivity index (χ3v) is 2.71. The summed E-state index contributed by atoms with van der Waals surface area (Å²) in [5, 5.41) is 12.5. The van der Waals surface area contributed by atoms with Crippen molar-refractivity contribution in [3.05, 3.63) is 29.3 Å². The molecule has 1 atom stereocenters. The van der Waals surface area contributed by atoms with Crippen LogP contribution in [-0.2, 0) is 0 Å². The SMILES string of the molecule is Cc1ccc(NC(C)CCN(C)C)c(C#N)c1. The van der Waals surface area contributed by atoms with E-state index in [1.807, 2.05) is 25.1 Å². The molecule has 0 saturated heterocycles. The number of hydrogen-bond donors (Lipinski definition) is 1. The molecule has 1 aromatic carbocycles. The highest BCUT2D eigenvalue weighted by molar-refractivity contribution is 5.58. The third kappa shape index (κ3) is 4.46. The molecule has 0 amide bonds. The van der Waals surface area contributed by atoms with Crippen LogP contribution in [0.25, 0.3) is 0 Å². The number of aryl methyl sites for hydroxylation is 1. The summed E-state index contributed by atoms with van der Waals surface area (Å²) in [7, 11) is 4.14. The Kier molecular flexibility index (Phi) is 4.99. The van der Waals surface area contributed by atoms with Crippen molar-refractivity contribution >= 4 is 5.69 Å². The van der Waals surface area contributed by atoms with E-state index in [1.165, 1.54) is 0 Å². The molecule has 3 heteroatoms. The van der Waals surface area contributed by atoms with Gasteiger partial charge in [0.1, 0.15) is 6.07 Å². The van der Waals surface area contributed by atoms with Crippen molar-refractivity contribution in [1.82, 2.24) is 4.90 Å². The van der Waals surface area contributed by atoms with E-state index >= 15 is 0 Å². The lowest BCUT2D eigenvalue weighted by atomic mass is 10.1. The average molecular weight is 231 g/mol. The highest BCUT2D eigenvalue weighted by atomic mass is 15.1. The van der Waals surface area contributed by atoms with Gasteiger partial charge >= 0.3 is 0 Å². The topological polar surface area (TPSA) is 39.1 Å². The lowest BCUT2D eigenvalue weighted by Crippen LogP contribution is -2.23. The number of rotatable bonds is 5. The largest absolute Gasteiger partial charge is 0.381 e. The Morgan fingerprint density at radius 3 is 2.71 bits per heavy atom. The molecule has 0 fully saturated rings. The van der Waals surface area contributed by atoms with Crippen molar-refractivity contribution in [3.63, 3.8) is 0 Å². The van der Waals surface area contributed by atoms with Gasteiger partial charge in [-0.2, -0.15) is 5.26 Å². The molecule has 0 saturated carbocycles. The van der Waals surface area contributed by atoms with E-state index in [-0.39, 0.29) is 0 Å². The summed E-state index contributed by atoms with van der Waals surface area (Å²) in [6.45, 7) is 5.19. The lowest BCUT2D eigenvalue weighted by molar-refractivity contribution is 0.390. The van der Waals surface area contributed by atoms with Gasteiger partial charge in [0.05, 0.1) is 11.3 Å². The zero-order chi connectivity index (χ0) is 12.8. The molecule has 0 aliphatic rings. The first-order chi connectivity index (χ1) is 8.02. The Morgan fingerprint density at radius 1 is 1.41 bits per heavy atom. The van der Waals surface area contributed by atoms with Gasteiger partial charge in [0.2, 0.25) is 0 Å². The summed E-state index contributed by atoms with van der Waals surface area (Å²) in [5.41, 5.74) is 2.78. The monoisotopic (exact) mass is 231 g/mol. The van der Waals surface area contributed by atoms with E-state index in [2.05, 4.69) is 37.3 Å². The smallest absolute Gasteiger partial charge is 0.101 e. The van der Waals surface area contributed by atoms with Crippen LogP contribution in [0.1, 0.15) is 24.5 Å². The summed E-state index contributed by atoms with van der Waals surface area (Å²) in [6.07, 6.45) is 1.06. The summed E-state index contributed by atoms with van der Waals surface area (Å²) in [4.78, 5) is 2.17. The fourth-order valence-electron chi connectivity index (χ4n) is 1.67. The van der Waals surface area contributed by atoms with Gasteiger partial charge in [-0.1, -0.05) is 6.07 Å². The van der Waals surface area contributed by atoms with Gasteiger partial charge in [-0.3, -0.25) is 0 Å². The molecule has 1 unspecified atom stereocenters. The van der Waals surface area contributed by atoms with E-state index in [1.54, 1.807) is 0 Å². The predicted molar refractivity (Wildman–Crippen MR) is 72.1 cm³/mol. The van der Waals surface area contributed by atoms with Crippen LogP contribution < -0.4 is 5.32 Å². The van der Waals surface area contributed by atoms with E-state index in [9.17, 15) is 0 Å². The molecule has 0 aromatic heterocycles. The Hall–Kier alpha value is -1.53. The number of nitrogens with zero attached hydrogens (tertiary/aromatic N) is 2. The lowest BCUT2D eigenvalue weighted by Gasteiger charge is -2.18. The minimum absolute atomic E-state index is 0.368. The molecule has 1 rings (SSSR count). The first-order valence-electron chi connectivity index (χ1n) is 5.95. The molecular formula is C14H21N3. The summed E-state index contributed by atoms with van der Waals surface area (Å²) in [5.74, 6) is 0. The second-order valence-electron chi connectivity index (χ2n) is 4.80. The number of hydrogen-bond acceptors (Lipinski definition) is 3. The van der Waals surface area contributed by atoms with Crippen molar-refractivity contribution < 1.29 is 0 Å². The molecule has 0 radical (unpaired) electrons. The highest BCUT2D eigenvalue weighted by Crippen LogP contribution is 2.17. The van der Waals surface area contributed by atoms with Crippen LogP contribution in [-0.4, -0.2) is 31.6 Å². The first-order valence-corrected chi connectivity index (χ1v) is 5.95. The summed E-state index contributed by atoms with van der Waals surface area (Å²) < 4.78 is 0. The maximum Gasteiger partial charge on any atom is 0.101 e. The maximum absolute atomic E-state index is 9.08. The van der Waals surface area contributed by atoms with Crippen LogP contribution in [0.5, 0.6) is 0 Å². The standard InChI is InChI=1S/C14H21N3/c1-11-5-6-14(13(9-11)10-15)16-12(2)7-8-17(3)4/h5-6,9,12,16H,7-8H2,1-4H3. The van der Waals surface area contributed by atoms with Crippen LogP contribution >= 0.6 is 0 Å². The fraction of sp³-hybridized carbons (Fsp3) is 0.500. The third-order valence-electron chi connectivity index (χ3n) is 2.71. The molecule has 17 heavy (non-hydrogen) atoms. The van der Waals surface area contributed by atoms with Crippen molar-refractivity contribution in [2.45, 2.75) is 26.3 Å². The second-order valence-corrected chi connectivity index (χ2v) is 4.80. The number of benzene rings is 1. The quantitative estimate of drug-likeness (QED) is 0.846. The van der Waals surface area contributed by atoms with E-state index in [4.69, 9.17) is 5.26 Å². The van der Waals surface area contributed by atoms with E-state index in [0.717, 1.165) is 29.8 Å². The van der Waals surface area contributed by atoms with Gasteiger partial charge in [-0.15, -0.1) is 0 Å². The van der Waals surface area contributed by atoms with Crippen LogP contribution in [0.3, 0.4) is 0 Å². The molecule has 0 spiro atoms.